The molecule has 0 aliphatic carbocycles. The van der Waals surface area contributed by atoms with Gasteiger partial charge in [0, 0.05) is 6.54 Å². The molecular weight excluding hydrogens is 224 g/mol. The molecule has 0 spiro atoms. The quantitative estimate of drug-likeness (QED) is 0.449. The zero-order valence-corrected chi connectivity index (χ0v) is 13.0. The number of nitrogens with zero attached hydrogens (tertiary/aromatic N) is 2. The molecule has 0 atom stereocenters. The molecule has 6 heteroatoms. The van der Waals surface area contributed by atoms with Gasteiger partial charge in [0.25, 0.3) is 0 Å². The molecule has 0 saturated carbocycles. The van der Waals surface area contributed by atoms with Gasteiger partial charge in [-0.3, -0.25) is 0 Å². The minimum absolute atomic E-state index is 0. The summed E-state index contributed by atoms with van der Waals surface area (Å²) in [6, 6.07) is 0. The fourth-order valence-electron chi connectivity index (χ4n) is 0.500. The molecule has 0 bridgehead atoms. The van der Waals surface area contributed by atoms with Gasteiger partial charge in [-0.15, -0.1) is 0 Å². The number of hydrogen-bond donors (Lipinski definition) is 2. The number of hydrogen-bond acceptors (Lipinski definition) is 3. The number of likely N-dealkylation sites (N-methyl/N-ethyl adjacent to an activating group) is 2. The third kappa shape index (κ3) is 39.5. The van der Waals surface area contributed by atoms with E-state index in [0.717, 1.165) is 17.6 Å². The van der Waals surface area contributed by atoms with Crippen molar-refractivity contribution < 1.29 is 20.2 Å². The molecule has 0 saturated heterocycles. The minimum atomic E-state index is 0. The number of aliphatic hydroxyl groups excluding tert-OH is 2. The summed E-state index contributed by atoms with van der Waals surface area (Å²) in [5, 5.41) is 16.6. The van der Waals surface area contributed by atoms with Gasteiger partial charge < -0.3 is 25.1 Å². The van der Waals surface area contributed by atoms with Crippen LogP contribution in [0.5, 0.6) is 0 Å². The average Bonchev–Trinajstić information content (AvgIpc) is 1.84. The molecule has 0 aliphatic rings. The van der Waals surface area contributed by atoms with E-state index >= 15 is 0 Å². The van der Waals surface area contributed by atoms with Crippen LogP contribution in [0, 0.1) is 0 Å². The number of aliphatic hydroxyl groups is 2. The summed E-state index contributed by atoms with van der Waals surface area (Å²) >= 11 is 0. The molecule has 0 unspecified atom stereocenters. The molecule has 0 aliphatic heterocycles. The van der Waals surface area contributed by atoms with Crippen LogP contribution in [0.4, 0.5) is 0 Å². The Kier molecular flexibility index (Phi) is 25.1. The molecule has 0 aromatic heterocycles. The summed E-state index contributed by atoms with van der Waals surface area (Å²) in [7, 11) is 10.0. The smallest absolute Gasteiger partial charge is 0.412 e. The predicted molar refractivity (Wildman–Crippen MR) is 65.0 cm³/mol. The monoisotopic (exact) mass is 251 g/mol. The molecule has 4 N–H and O–H groups in total. The Labute approximate surface area is 124 Å². The van der Waals surface area contributed by atoms with E-state index in [2.05, 4.69) is 21.1 Å². The van der Waals surface area contributed by atoms with Crippen molar-refractivity contribution in [1.82, 2.24) is 4.90 Å². The third-order valence-electron chi connectivity index (χ3n) is 1.32. The largest absolute Gasteiger partial charge is 2.00 e. The summed E-state index contributed by atoms with van der Waals surface area (Å²) in [5.74, 6) is 0. The van der Waals surface area contributed by atoms with Crippen LogP contribution in [-0.4, -0.2) is 124 Å². The fraction of sp³-hybridized carbons (Fsp3) is 1.00. The molecule has 90 valence electrons. The molecule has 0 aromatic rings. The van der Waals surface area contributed by atoms with Crippen molar-refractivity contribution in [2.24, 2.45) is 0 Å². The van der Waals surface area contributed by atoms with Crippen molar-refractivity contribution >= 4 is 37.7 Å². The Hall–Kier alpha value is 1.06. The van der Waals surface area contributed by atoms with Crippen molar-refractivity contribution in [3.05, 3.63) is 0 Å². The second-order valence-electron chi connectivity index (χ2n) is 4.26. The topological polar surface area (TPSA) is 75.2 Å². The van der Waals surface area contributed by atoms with Crippen molar-refractivity contribution in [3.63, 3.8) is 0 Å². The Balaban J connectivity index is -0.0000000718. The molecule has 0 aromatic carbocycles. The zero-order valence-electron chi connectivity index (χ0n) is 10.8. The molecule has 15 heavy (non-hydrogen) atoms. The van der Waals surface area contributed by atoms with E-state index in [1.807, 2.05) is 19.0 Å². The maximum atomic E-state index is 8.39. The fourth-order valence-corrected chi connectivity index (χ4v) is 0.500. The summed E-state index contributed by atoms with van der Waals surface area (Å²) in [5.41, 5.74) is 0. The van der Waals surface area contributed by atoms with Crippen LogP contribution in [-0.2, 0) is 0 Å². The van der Waals surface area contributed by atoms with Gasteiger partial charge in [-0.1, -0.05) is 0 Å². The van der Waals surface area contributed by atoms with E-state index in [9.17, 15) is 0 Å². The Bertz CT molecular complexity index is 108. The first-order valence-corrected chi connectivity index (χ1v) is 4.50. The summed E-state index contributed by atoms with van der Waals surface area (Å²) in [4.78, 5) is 1.93. The van der Waals surface area contributed by atoms with Gasteiger partial charge in [0.1, 0.15) is 6.54 Å². The van der Waals surface area contributed by atoms with Gasteiger partial charge in [-0.05, 0) is 14.1 Å². The van der Waals surface area contributed by atoms with Crippen molar-refractivity contribution in [2.45, 2.75) is 0 Å². The van der Waals surface area contributed by atoms with Crippen LogP contribution >= 0.6 is 0 Å². The van der Waals surface area contributed by atoms with Gasteiger partial charge in [-0.2, -0.15) is 0 Å². The van der Waals surface area contributed by atoms with Gasteiger partial charge in [-0.25, -0.2) is 0 Å². The first-order chi connectivity index (χ1) is 5.83. The van der Waals surface area contributed by atoms with Crippen LogP contribution in [0.25, 0.3) is 0 Å². The van der Waals surface area contributed by atoms with E-state index < -0.39 is 0 Å². The maximum absolute atomic E-state index is 8.39. The van der Waals surface area contributed by atoms with Crippen molar-refractivity contribution in [3.8, 4) is 0 Å². The Morgan fingerprint density at radius 3 is 1.40 bits per heavy atom. The summed E-state index contributed by atoms with van der Waals surface area (Å²) < 4.78 is 0.844. The van der Waals surface area contributed by atoms with Crippen molar-refractivity contribution in [1.29, 1.82) is 0 Å². The Morgan fingerprint density at radius 2 is 1.40 bits per heavy atom. The first kappa shape index (κ1) is 25.0. The second-order valence-corrected chi connectivity index (χ2v) is 4.26. The molecular formula is C9H27CaN2O3+3. The standard InChI is InChI=1S/C5H14NO.C4H11NO.Ca.H2O/c1-6(2,3)4-5-7;1-5(2)3-4-6;;/h7H,4-5H2,1-3H3;6H,3-4H2,1-2H3;;1H2/q+1;;+2;. The molecule has 0 fully saturated rings. The summed E-state index contributed by atoms with van der Waals surface area (Å²) in [6.07, 6.45) is 0. The van der Waals surface area contributed by atoms with Crippen molar-refractivity contribution in [2.75, 3.05) is 61.5 Å². The van der Waals surface area contributed by atoms with Gasteiger partial charge in [0.15, 0.2) is 0 Å². The molecule has 0 amide bonds. The van der Waals surface area contributed by atoms with Gasteiger partial charge in [0.05, 0.1) is 34.4 Å². The first-order valence-electron chi connectivity index (χ1n) is 4.50. The normalized spacial score (nSPS) is 9.60. The Morgan fingerprint density at radius 1 is 1.00 bits per heavy atom. The molecule has 0 heterocycles. The maximum Gasteiger partial charge on any atom is 2.00 e. The molecule has 5 nitrogen and oxygen atoms in total. The van der Waals surface area contributed by atoms with E-state index in [-0.39, 0.29) is 56.4 Å². The molecule has 0 radical (unpaired) electrons. The van der Waals surface area contributed by atoms with Gasteiger partial charge in [0.2, 0.25) is 0 Å². The second kappa shape index (κ2) is 15.1. The van der Waals surface area contributed by atoms with Crippen LogP contribution < -0.4 is 0 Å². The van der Waals surface area contributed by atoms with E-state index in [4.69, 9.17) is 10.2 Å². The van der Waals surface area contributed by atoms with Gasteiger partial charge >= 0.3 is 37.7 Å². The van der Waals surface area contributed by atoms with E-state index in [1.54, 1.807) is 0 Å². The van der Waals surface area contributed by atoms with Crippen LogP contribution in [0.1, 0.15) is 0 Å². The number of rotatable bonds is 4. The third-order valence-corrected chi connectivity index (χ3v) is 1.32. The number of quaternary nitrogens is 1. The van der Waals surface area contributed by atoms with Crippen LogP contribution in [0.2, 0.25) is 0 Å². The van der Waals surface area contributed by atoms with E-state index in [0.29, 0.717) is 0 Å². The zero-order chi connectivity index (χ0) is 10.9. The SMILES string of the molecule is CN(C)CCO.C[N+](C)(C)CCO.O.[Ca+2]. The minimum Gasteiger partial charge on any atom is -0.412 e. The molecule has 0 rings (SSSR count). The predicted octanol–water partition coefficient (Wildman–Crippen LogP) is -1.98. The van der Waals surface area contributed by atoms with E-state index in [1.165, 1.54) is 0 Å². The summed E-state index contributed by atoms with van der Waals surface area (Å²) in [6.45, 7) is 2.14. The average molecular weight is 251 g/mol. The van der Waals surface area contributed by atoms with Crippen LogP contribution in [0.15, 0.2) is 0 Å². The van der Waals surface area contributed by atoms with Crippen LogP contribution in [0.3, 0.4) is 0 Å².